The SMILES string of the molecule is NC[C@@H](NC(=O)N1CCC(c2ccc(C#Cc3ccccc3)cc2)CC1)C(=O)NO. The number of likely N-dealkylation sites (tertiary alicyclic amines) is 1. The number of hydrogen-bond donors (Lipinski definition) is 4. The second-order valence-corrected chi connectivity index (χ2v) is 7.21. The summed E-state index contributed by atoms with van der Waals surface area (Å²) in [5.74, 6) is 5.98. The van der Waals surface area contributed by atoms with Crippen LogP contribution in [0, 0.1) is 11.8 Å². The molecule has 0 aliphatic carbocycles. The highest BCUT2D eigenvalue weighted by Crippen LogP contribution is 2.28. The summed E-state index contributed by atoms with van der Waals surface area (Å²) in [5, 5.41) is 11.3. The van der Waals surface area contributed by atoms with Gasteiger partial charge in [0, 0.05) is 30.8 Å². The molecule has 5 N–H and O–H groups in total. The summed E-state index contributed by atoms with van der Waals surface area (Å²) >= 11 is 0. The van der Waals surface area contributed by atoms with Gasteiger partial charge >= 0.3 is 6.03 Å². The number of nitrogens with two attached hydrogens (primary N) is 1. The van der Waals surface area contributed by atoms with Crippen molar-refractivity contribution in [3.8, 4) is 11.8 Å². The maximum Gasteiger partial charge on any atom is 0.318 e. The van der Waals surface area contributed by atoms with Crippen molar-refractivity contribution >= 4 is 11.9 Å². The van der Waals surface area contributed by atoms with Gasteiger partial charge in [0.1, 0.15) is 6.04 Å². The van der Waals surface area contributed by atoms with Gasteiger partial charge in [-0.15, -0.1) is 0 Å². The molecule has 1 aliphatic heterocycles. The molecule has 2 aromatic rings. The number of hydrogen-bond acceptors (Lipinski definition) is 4. The number of carbonyl (C=O) groups excluding carboxylic acids is 2. The Bertz CT molecular complexity index is 911. The first-order valence-electron chi connectivity index (χ1n) is 9.97. The van der Waals surface area contributed by atoms with E-state index >= 15 is 0 Å². The number of piperidine rings is 1. The van der Waals surface area contributed by atoms with Gasteiger partial charge in [-0.1, -0.05) is 42.2 Å². The number of amides is 3. The van der Waals surface area contributed by atoms with Crippen LogP contribution in [-0.2, 0) is 4.79 Å². The first-order chi connectivity index (χ1) is 14.6. The number of hydroxylamine groups is 1. The molecule has 0 bridgehead atoms. The van der Waals surface area contributed by atoms with Crippen LogP contribution in [0.1, 0.15) is 35.4 Å². The second-order valence-electron chi connectivity index (χ2n) is 7.21. The summed E-state index contributed by atoms with van der Waals surface area (Å²) in [6.07, 6.45) is 1.67. The molecule has 0 spiro atoms. The molecule has 7 nitrogen and oxygen atoms in total. The Labute approximate surface area is 176 Å². The summed E-state index contributed by atoms with van der Waals surface area (Å²) in [6, 6.07) is 16.8. The number of benzene rings is 2. The van der Waals surface area contributed by atoms with Crippen LogP contribution in [0.5, 0.6) is 0 Å². The molecule has 0 aromatic heterocycles. The van der Waals surface area contributed by atoms with Gasteiger partial charge in [0.2, 0.25) is 0 Å². The molecule has 1 fully saturated rings. The van der Waals surface area contributed by atoms with Crippen molar-refractivity contribution in [1.29, 1.82) is 0 Å². The molecule has 1 heterocycles. The minimum absolute atomic E-state index is 0.0892. The average Bonchev–Trinajstić information content (AvgIpc) is 2.81. The fraction of sp³-hybridized carbons (Fsp3) is 0.304. The Kier molecular flexibility index (Phi) is 7.44. The van der Waals surface area contributed by atoms with Crippen LogP contribution in [0.2, 0.25) is 0 Å². The van der Waals surface area contributed by atoms with Crippen molar-refractivity contribution in [2.24, 2.45) is 5.73 Å². The third-order valence-corrected chi connectivity index (χ3v) is 5.25. The van der Waals surface area contributed by atoms with Crippen molar-refractivity contribution in [3.05, 3.63) is 71.3 Å². The Balaban J connectivity index is 1.53. The molecular formula is C23H26N4O3. The van der Waals surface area contributed by atoms with E-state index in [-0.39, 0.29) is 12.6 Å². The van der Waals surface area contributed by atoms with Crippen molar-refractivity contribution in [2.75, 3.05) is 19.6 Å². The summed E-state index contributed by atoms with van der Waals surface area (Å²) in [4.78, 5) is 25.5. The lowest BCUT2D eigenvalue weighted by molar-refractivity contribution is -0.130. The zero-order valence-corrected chi connectivity index (χ0v) is 16.7. The lowest BCUT2D eigenvalue weighted by atomic mass is 9.89. The molecule has 0 radical (unpaired) electrons. The zero-order chi connectivity index (χ0) is 21.3. The Morgan fingerprint density at radius 2 is 1.63 bits per heavy atom. The van der Waals surface area contributed by atoms with E-state index in [1.807, 2.05) is 42.5 Å². The van der Waals surface area contributed by atoms with Gasteiger partial charge in [0.05, 0.1) is 0 Å². The number of urea groups is 1. The predicted octanol–water partition coefficient (Wildman–Crippen LogP) is 1.81. The van der Waals surface area contributed by atoms with Crippen LogP contribution in [0.4, 0.5) is 4.79 Å². The summed E-state index contributed by atoms with van der Waals surface area (Å²) in [6.45, 7) is 1.09. The Hall–Kier alpha value is -3.34. The minimum Gasteiger partial charge on any atom is -0.328 e. The number of nitrogens with zero attached hydrogens (tertiary/aromatic N) is 1. The highest BCUT2D eigenvalue weighted by atomic mass is 16.5. The van der Waals surface area contributed by atoms with Crippen LogP contribution in [0.15, 0.2) is 54.6 Å². The van der Waals surface area contributed by atoms with E-state index in [1.54, 1.807) is 4.90 Å². The van der Waals surface area contributed by atoms with E-state index in [2.05, 4.69) is 29.3 Å². The maximum absolute atomic E-state index is 12.3. The molecule has 0 unspecified atom stereocenters. The van der Waals surface area contributed by atoms with Gasteiger partial charge in [-0.2, -0.15) is 0 Å². The Morgan fingerprint density at radius 1 is 1.03 bits per heavy atom. The fourth-order valence-electron chi connectivity index (χ4n) is 3.47. The van der Waals surface area contributed by atoms with Crippen molar-refractivity contribution in [2.45, 2.75) is 24.8 Å². The van der Waals surface area contributed by atoms with Gasteiger partial charge in [0.25, 0.3) is 5.91 Å². The van der Waals surface area contributed by atoms with Crippen LogP contribution >= 0.6 is 0 Å². The molecule has 30 heavy (non-hydrogen) atoms. The minimum atomic E-state index is -0.954. The van der Waals surface area contributed by atoms with E-state index < -0.39 is 11.9 Å². The molecule has 1 aliphatic rings. The first-order valence-corrected chi connectivity index (χ1v) is 9.97. The van der Waals surface area contributed by atoms with Crippen LogP contribution in [0.25, 0.3) is 0 Å². The van der Waals surface area contributed by atoms with Gasteiger partial charge < -0.3 is 16.0 Å². The number of rotatable bonds is 4. The summed E-state index contributed by atoms with van der Waals surface area (Å²) in [5.41, 5.74) is 10.2. The van der Waals surface area contributed by atoms with Crippen LogP contribution in [0.3, 0.4) is 0 Å². The molecule has 7 heteroatoms. The average molecular weight is 406 g/mol. The third-order valence-electron chi connectivity index (χ3n) is 5.25. The quantitative estimate of drug-likeness (QED) is 0.353. The van der Waals surface area contributed by atoms with E-state index in [0.29, 0.717) is 19.0 Å². The van der Waals surface area contributed by atoms with Crippen LogP contribution in [-0.4, -0.2) is 47.7 Å². The largest absolute Gasteiger partial charge is 0.328 e. The highest BCUT2D eigenvalue weighted by Gasteiger charge is 2.26. The highest BCUT2D eigenvalue weighted by molar-refractivity contribution is 5.86. The smallest absolute Gasteiger partial charge is 0.318 e. The van der Waals surface area contributed by atoms with Gasteiger partial charge in [-0.25, -0.2) is 10.3 Å². The van der Waals surface area contributed by atoms with Crippen molar-refractivity contribution < 1.29 is 14.8 Å². The molecule has 3 rings (SSSR count). The summed E-state index contributed by atoms with van der Waals surface area (Å²) < 4.78 is 0. The van der Waals surface area contributed by atoms with Crippen LogP contribution < -0.4 is 16.5 Å². The molecular weight excluding hydrogens is 380 g/mol. The van der Waals surface area contributed by atoms with E-state index in [1.165, 1.54) is 11.0 Å². The van der Waals surface area contributed by atoms with Gasteiger partial charge in [-0.3, -0.25) is 10.0 Å². The lowest BCUT2D eigenvalue weighted by Crippen LogP contribution is -2.54. The van der Waals surface area contributed by atoms with E-state index in [9.17, 15) is 9.59 Å². The van der Waals surface area contributed by atoms with Crippen molar-refractivity contribution in [3.63, 3.8) is 0 Å². The van der Waals surface area contributed by atoms with E-state index in [4.69, 9.17) is 10.9 Å². The monoisotopic (exact) mass is 406 g/mol. The van der Waals surface area contributed by atoms with Gasteiger partial charge in [0.15, 0.2) is 0 Å². The van der Waals surface area contributed by atoms with Crippen molar-refractivity contribution in [1.82, 2.24) is 15.7 Å². The first kappa shape index (κ1) is 21.4. The zero-order valence-electron chi connectivity index (χ0n) is 16.7. The molecule has 1 saturated heterocycles. The number of carbonyl (C=O) groups is 2. The molecule has 2 aromatic carbocycles. The maximum atomic E-state index is 12.3. The third kappa shape index (κ3) is 5.60. The lowest BCUT2D eigenvalue weighted by Gasteiger charge is -2.33. The summed E-state index contributed by atoms with van der Waals surface area (Å²) in [7, 11) is 0. The molecule has 3 amide bonds. The predicted molar refractivity (Wildman–Crippen MR) is 114 cm³/mol. The van der Waals surface area contributed by atoms with E-state index in [0.717, 1.165) is 24.0 Å². The Morgan fingerprint density at radius 3 is 2.20 bits per heavy atom. The fourth-order valence-corrected chi connectivity index (χ4v) is 3.47. The normalized spacial score (nSPS) is 14.9. The van der Waals surface area contributed by atoms with Gasteiger partial charge in [-0.05, 0) is 48.6 Å². The molecule has 1 atom stereocenters. The molecule has 0 saturated carbocycles. The topological polar surface area (TPSA) is 108 Å². The standard InChI is InChI=1S/C23H26N4O3/c24-16-21(22(28)26-30)25-23(29)27-14-12-20(13-15-27)19-10-8-18(9-11-19)7-6-17-4-2-1-3-5-17/h1-5,8-11,20-21,30H,12-16,24H2,(H,25,29)(H,26,28)/t21-/m1/s1. The molecule has 156 valence electrons. The number of nitrogens with one attached hydrogen (secondary N) is 2. The second kappa shape index (κ2) is 10.4.